The number of primary sulfonamides is 1. The van der Waals surface area contributed by atoms with Crippen molar-refractivity contribution in [3.8, 4) is 12.3 Å². The molecule has 0 unspecified atom stereocenters. The zero-order chi connectivity index (χ0) is 15.9. The molecular weight excluding hydrogens is 322 g/mol. The number of benzene rings is 1. The number of hydrogen-bond acceptors (Lipinski definition) is 4. The van der Waals surface area contributed by atoms with Crippen molar-refractivity contribution in [2.45, 2.75) is 24.3 Å². The first kappa shape index (κ1) is 15.0. The third-order valence-electron chi connectivity index (χ3n) is 3.36. The minimum Gasteiger partial charge on any atom is -0.305 e. The van der Waals surface area contributed by atoms with Gasteiger partial charge in [0.2, 0.25) is 10.0 Å². The van der Waals surface area contributed by atoms with E-state index in [4.69, 9.17) is 11.6 Å². The van der Waals surface area contributed by atoms with Crippen molar-refractivity contribution < 1.29 is 13.2 Å². The zero-order valence-corrected chi connectivity index (χ0v) is 13.2. The van der Waals surface area contributed by atoms with Gasteiger partial charge >= 0.3 is 0 Å². The molecule has 0 spiro atoms. The smallest absolute Gasteiger partial charge is 0.251 e. The fourth-order valence-corrected chi connectivity index (χ4v) is 3.76. The van der Waals surface area contributed by atoms with Gasteiger partial charge < -0.3 is 4.57 Å². The van der Waals surface area contributed by atoms with Gasteiger partial charge in [0.05, 0.1) is 21.7 Å². The number of hydrogen-bond donors (Lipinski definition) is 1. The summed E-state index contributed by atoms with van der Waals surface area (Å²) in [4.78, 5) is 16.5. The van der Waals surface area contributed by atoms with E-state index in [1.807, 2.05) is 0 Å². The number of carbonyl (C=O) groups is 1. The Hall–Kier alpha value is -1.95. The van der Waals surface area contributed by atoms with E-state index in [1.165, 1.54) is 23.5 Å². The second kappa shape index (κ2) is 5.35. The van der Waals surface area contributed by atoms with E-state index >= 15 is 0 Å². The number of terminal acetylenes is 1. The number of fused-ring (bicyclic) bond motifs is 1. The molecule has 1 aliphatic rings. The SMILES string of the molecule is C#CCn1c(=NC(=O)C2CC2)sc2cc(S(N)(=O)=O)ccc21. The number of rotatable bonds is 3. The van der Waals surface area contributed by atoms with Crippen LogP contribution in [0.2, 0.25) is 0 Å². The van der Waals surface area contributed by atoms with Crippen LogP contribution in [0.15, 0.2) is 28.1 Å². The van der Waals surface area contributed by atoms with Gasteiger partial charge in [0.1, 0.15) is 0 Å². The van der Waals surface area contributed by atoms with Crippen LogP contribution in [0.5, 0.6) is 0 Å². The highest BCUT2D eigenvalue weighted by atomic mass is 32.2. The number of nitrogens with zero attached hydrogens (tertiary/aromatic N) is 2. The molecule has 0 bridgehead atoms. The number of thiazole rings is 1. The van der Waals surface area contributed by atoms with Gasteiger partial charge in [-0.2, -0.15) is 4.99 Å². The third kappa shape index (κ3) is 2.83. The summed E-state index contributed by atoms with van der Waals surface area (Å²) in [7, 11) is -3.78. The lowest BCUT2D eigenvalue weighted by Gasteiger charge is -2.01. The van der Waals surface area contributed by atoms with Crippen molar-refractivity contribution in [2.24, 2.45) is 16.0 Å². The van der Waals surface area contributed by atoms with Gasteiger partial charge in [-0.1, -0.05) is 17.3 Å². The highest BCUT2D eigenvalue weighted by molar-refractivity contribution is 7.89. The van der Waals surface area contributed by atoms with Gasteiger partial charge in [0.25, 0.3) is 5.91 Å². The lowest BCUT2D eigenvalue weighted by molar-refractivity contribution is -0.119. The Balaban J connectivity index is 2.21. The zero-order valence-electron chi connectivity index (χ0n) is 11.5. The largest absolute Gasteiger partial charge is 0.305 e. The van der Waals surface area contributed by atoms with Crippen LogP contribution in [0.25, 0.3) is 10.2 Å². The van der Waals surface area contributed by atoms with Crippen molar-refractivity contribution in [3.63, 3.8) is 0 Å². The predicted octanol–water partition coefficient (Wildman–Crippen LogP) is 0.821. The van der Waals surface area contributed by atoms with E-state index < -0.39 is 10.0 Å². The highest BCUT2D eigenvalue weighted by Crippen LogP contribution is 2.30. The van der Waals surface area contributed by atoms with Crippen molar-refractivity contribution in [1.29, 1.82) is 0 Å². The maximum atomic E-state index is 11.9. The summed E-state index contributed by atoms with van der Waals surface area (Å²) in [6.45, 7) is 0.255. The van der Waals surface area contributed by atoms with Crippen molar-refractivity contribution in [2.75, 3.05) is 0 Å². The molecule has 0 radical (unpaired) electrons. The van der Waals surface area contributed by atoms with Crippen LogP contribution in [0.4, 0.5) is 0 Å². The van der Waals surface area contributed by atoms with Crippen molar-refractivity contribution in [3.05, 3.63) is 23.0 Å². The molecule has 2 aromatic rings. The Morgan fingerprint density at radius 1 is 1.50 bits per heavy atom. The average molecular weight is 335 g/mol. The van der Waals surface area contributed by atoms with E-state index in [0.29, 0.717) is 9.50 Å². The molecule has 0 aliphatic heterocycles. The molecule has 22 heavy (non-hydrogen) atoms. The minimum atomic E-state index is -3.78. The summed E-state index contributed by atoms with van der Waals surface area (Å²) in [6, 6.07) is 4.52. The number of amides is 1. The molecule has 2 N–H and O–H groups in total. The Morgan fingerprint density at radius 2 is 2.23 bits per heavy atom. The molecule has 0 saturated heterocycles. The molecule has 0 atom stereocenters. The molecule has 1 aliphatic carbocycles. The van der Waals surface area contributed by atoms with Crippen LogP contribution >= 0.6 is 11.3 Å². The lowest BCUT2D eigenvalue weighted by Crippen LogP contribution is -2.17. The molecule has 8 heteroatoms. The van der Waals surface area contributed by atoms with Crippen LogP contribution < -0.4 is 9.94 Å². The summed E-state index contributed by atoms with van der Waals surface area (Å²) in [5.41, 5.74) is 0.734. The van der Waals surface area contributed by atoms with Gasteiger partial charge in [0, 0.05) is 5.92 Å². The van der Waals surface area contributed by atoms with Gasteiger partial charge in [-0.15, -0.1) is 6.42 Å². The topological polar surface area (TPSA) is 94.5 Å². The second-order valence-corrected chi connectivity index (χ2v) is 7.64. The molecule has 6 nitrogen and oxygen atoms in total. The molecule has 114 valence electrons. The molecule has 1 heterocycles. The molecule has 1 aromatic carbocycles. The van der Waals surface area contributed by atoms with E-state index in [1.54, 1.807) is 10.6 Å². The molecule has 1 fully saturated rings. The van der Waals surface area contributed by atoms with Crippen molar-refractivity contribution in [1.82, 2.24) is 4.57 Å². The standard InChI is InChI=1S/C14H13N3O3S2/c1-2-7-17-11-6-5-10(22(15,19)20)8-12(11)21-14(17)16-13(18)9-3-4-9/h1,5-6,8-9H,3-4,7H2,(H2,15,19,20). The third-order valence-corrected chi connectivity index (χ3v) is 5.32. The quantitative estimate of drug-likeness (QED) is 0.841. The normalized spacial score (nSPS) is 15.9. The van der Waals surface area contributed by atoms with Gasteiger partial charge in [0.15, 0.2) is 4.80 Å². The number of carbonyl (C=O) groups excluding carboxylic acids is 1. The van der Waals surface area contributed by atoms with Crippen LogP contribution in [0, 0.1) is 18.3 Å². The van der Waals surface area contributed by atoms with Crippen LogP contribution in [0.3, 0.4) is 0 Å². The fourth-order valence-electron chi connectivity index (χ4n) is 2.08. The molecular formula is C14H13N3O3S2. The Labute approximate surface area is 131 Å². The summed E-state index contributed by atoms with van der Waals surface area (Å²) >= 11 is 1.23. The van der Waals surface area contributed by atoms with Gasteiger partial charge in [-0.05, 0) is 31.0 Å². The van der Waals surface area contributed by atoms with E-state index in [0.717, 1.165) is 18.4 Å². The van der Waals surface area contributed by atoms with Crippen LogP contribution in [0.1, 0.15) is 12.8 Å². The predicted molar refractivity (Wildman–Crippen MR) is 83.3 cm³/mol. The van der Waals surface area contributed by atoms with E-state index in [-0.39, 0.29) is 23.3 Å². The minimum absolute atomic E-state index is 0.0180. The lowest BCUT2D eigenvalue weighted by atomic mass is 10.3. The monoisotopic (exact) mass is 335 g/mol. The Bertz CT molecular complexity index is 973. The van der Waals surface area contributed by atoms with Gasteiger partial charge in [-0.25, -0.2) is 13.6 Å². The maximum Gasteiger partial charge on any atom is 0.251 e. The first-order valence-corrected chi connectivity index (χ1v) is 8.94. The summed E-state index contributed by atoms with van der Waals surface area (Å²) < 4.78 is 25.3. The van der Waals surface area contributed by atoms with Crippen molar-refractivity contribution >= 4 is 37.5 Å². The Kier molecular flexibility index (Phi) is 3.64. The van der Waals surface area contributed by atoms with E-state index in [2.05, 4.69) is 10.9 Å². The summed E-state index contributed by atoms with van der Waals surface area (Å²) in [6.07, 6.45) is 7.12. The highest BCUT2D eigenvalue weighted by Gasteiger charge is 2.29. The Morgan fingerprint density at radius 3 is 2.82 bits per heavy atom. The fraction of sp³-hybridized carbons (Fsp3) is 0.286. The first-order valence-electron chi connectivity index (χ1n) is 6.58. The summed E-state index contributed by atoms with van der Waals surface area (Å²) in [5.74, 6) is 2.39. The van der Waals surface area contributed by atoms with E-state index in [9.17, 15) is 13.2 Å². The summed E-state index contributed by atoms with van der Waals surface area (Å²) in [5, 5.41) is 5.14. The number of sulfonamides is 1. The number of aromatic nitrogens is 1. The average Bonchev–Trinajstić information content (AvgIpc) is 3.23. The van der Waals surface area contributed by atoms with Gasteiger partial charge in [-0.3, -0.25) is 4.79 Å². The van der Waals surface area contributed by atoms with Crippen LogP contribution in [-0.2, 0) is 21.4 Å². The van der Waals surface area contributed by atoms with Crippen LogP contribution in [-0.4, -0.2) is 18.9 Å². The number of nitrogens with two attached hydrogens (primary N) is 1. The second-order valence-electron chi connectivity index (χ2n) is 5.07. The maximum absolute atomic E-state index is 11.9. The molecule has 1 saturated carbocycles. The first-order chi connectivity index (χ1) is 10.4. The molecule has 1 amide bonds. The molecule has 3 rings (SSSR count). The molecule has 1 aromatic heterocycles.